The second-order valence-electron chi connectivity index (χ2n) is 5.06. The summed E-state index contributed by atoms with van der Waals surface area (Å²) in [5.74, 6) is -1.11. The van der Waals surface area contributed by atoms with E-state index in [1.165, 1.54) is 24.3 Å². The molecule has 0 aliphatic rings. The molecular formula is C15H19NO5. The Morgan fingerprint density at radius 3 is 2.24 bits per heavy atom. The molecule has 0 aliphatic carbocycles. The van der Waals surface area contributed by atoms with Crippen molar-refractivity contribution in [2.24, 2.45) is 5.92 Å². The molecule has 0 radical (unpaired) electrons. The van der Waals surface area contributed by atoms with Gasteiger partial charge in [-0.05, 0) is 31.5 Å². The highest BCUT2D eigenvalue weighted by molar-refractivity contribution is 5.88. The van der Waals surface area contributed by atoms with Crippen LogP contribution >= 0.6 is 0 Å². The minimum atomic E-state index is -0.988. The summed E-state index contributed by atoms with van der Waals surface area (Å²) in [5, 5.41) is 20.8. The number of nitro groups is 1. The maximum atomic E-state index is 11.8. The second kappa shape index (κ2) is 6.99. The predicted molar refractivity (Wildman–Crippen MR) is 77.6 cm³/mol. The minimum absolute atomic E-state index is 0.0587. The van der Waals surface area contributed by atoms with Crippen molar-refractivity contribution in [2.45, 2.75) is 33.0 Å². The summed E-state index contributed by atoms with van der Waals surface area (Å²) in [7, 11) is 0. The zero-order valence-electron chi connectivity index (χ0n) is 12.3. The first kappa shape index (κ1) is 16.8. The zero-order valence-corrected chi connectivity index (χ0v) is 12.3. The van der Waals surface area contributed by atoms with E-state index in [1.807, 2.05) is 0 Å². The number of ether oxygens (including phenoxy) is 1. The summed E-state index contributed by atoms with van der Waals surface area (Å²) >= 11 is 0. The van der Waals surface area contributed by atoms with Crippen molar-refractivity contribution in [1.82, 2.24) is 0 Å². The van der Waals surface area contributed by atoms with Gasteiger partial charge in [-0.15, -0.1) is 0 Å². The standard InChI is InChI=1S/C15H19NO5/c1-9(2)21-15(18)11(4)10(3)14(17)12-5-7-13(8-6-12)16(19)20/h5-10,14,17H,4H2,1-3H3/t10-,14+/m1/s1. The van der Waals surface area contributed by atoms with Gasteiger partial charge in [0.1, 0.15) is 0 Å². The molecule has 1 N–H and O–H groups in total. The highest BCUT2D eigenvalue weighted by atomic mass is 16.6. The number of rotatable bonds is 6. The van der Waals surface area contributed by atoms with Crippen LogP contribution in [0.4, 0.5) is 5.69 Å². The third-order valence-corrected chi connectivity index (χ3v) is 3.07. The molecule has 0 aliphatic heterocycles. The van der Waals surface area contributed by atoms with Gasteiger partial charge in [0, 0.05) is 23.6 Å². The molecule has 0 amide bonds. The molecule has 0 bridgehead atoms. The van der Waals surface area contributed by atoms with Crippen LogP contribution < -0.4 is 0 Å². The van der Waals surface area contributed by atoms with Gasteiger partial charge >= 0.3 is 5.97 Å². The Hall–Kier alpha value is -2.21. The van der Waals surface area contributed by atoms with E-state index in [-0.39, 0.29) is 17.4 Å². The van der Waals surface area contributed by atoms with Crippen LogP contribution in [0.5, 0.6) is 0 Å². The molecule has 6 nitrogen and oxygen atoms in total. The fourth-order valence-corrected chi connectivity index (χ4v) is 1.75. The predicted octanol–water partition coefficient (Wildman–Crippen LogP) is 2.77. The highest BCUT2D eigenvalue weighted by Gasteiger charge is 2.25. The lowest BCUT2D eigenvalue weighted by Gasteiger charge is -2.21. The van der Waals surface area contributed by atoms with Crippen LogP contribution in [0.2, 0.25) is 0 Å². The highest BCUT2D eigenvalue weighted by Crippen LogP contribution is 2.28. The van der Waals surface area contributed by atoms with Crippen LogP contribution in [-0.4, -0.2) is 22.1 Å². The first-order valence-corrected chi connectivity index (χ1v) is 6.56. The van der Waals surface area contributed by atoms with Gasteiger partial charge in [0.05, 0.1) is 17.1 Å². The molecular weight excluding hydrogens is 274 g/mol. The molecule has 1 aromatic carbocycles. The van der Waals surface area contributed by atoms with E-state index in [9.17, 15) is 20.0 Å². The van der Waals surface area contributed by atoms with Crippen LogP contribution in [0.3, 0.4) is 0 Å². The fourth-order valence-electron chi connectivity index (χ4n) is 1.75. The zero-order chi connectivity index (χ0) is 16.2. The normalized spacial score (nSPS) is 13.6. The van der Waals surface area contributed by atoms with Crippen molar-refractivity contribution in [3.63, 3.8) is 0 Å². The Kier molecular flexibility index (Phi) is 5.60. The van der Waals surface area contributed by atoms with Crippen molar-refractivity contribution >= 4 is 11.7 Å². The van der Waals surface area contributed by atoms with Gasteiger partial charge in [0.15, 0.2) is 0 Å². The van der Waals surface area contributed by atoms with E-state index >= 15 is 0 Å². The van der Waals surface area contributed by atoms with Crippen LogP contribution in [-0.2, 0) is 9.53 Å². The molecule has 0 fully saturated rings. The molecule has 0 spiro atoms. The van der Waals surface area contributed by atoms with Crippen molar-refractivity contribution < 1.29 is 19.6 Å². The average molecular weight is 293 g/mol. The molecule has 0 aromatic heterocycles. The number of aliphatic hydroxyl groups excluding tert-OH is 1. The van der Waals surface area contributed by atoms with Crippen LogP contribution in [0.1, 0.15) is 32.4 Å². The summed E-state index contributed by atoms with van der Waals surface area (Å²) in [5.41, 5.74) is 0.581. The summed E-state index contributed by atoms with van der Waals surface area (Å²) < 4.78 is 5.03. The topological polar surface area (TPSA) is 89.7 Å². The Bertz CT molecular complexity index is 535. The van der Waals surface area contributed by atoms with E-state index in [0.29, 0.717) is 5.56 Å². The van der Waals surface area contributed by atoms with Crippen molar-refractivity contribution in [3.05, 3.63) is 52.1 Å². The Morgan fingerprint density at radius 1 is 1.29 bits per heavy atom. The molecule has 2 atom stereocenters. The lowest BCUT2D eigenvalue weighted by Crippen LogP contribution is -2.21. The Balaban J connectivity index is 2.82. The average Bonchev–Trinajstić information content (AvgIpc) is 2.44. The number of hydrogen-bond acceptors (Lipinski definition) is 5. The van der Waals surface area contributed by atoms with Gasteiger partial charge in [-0.1, -0.05) is 13.5 Å². The number of carbonyl (C=O) groups is 1. The number of nitrogens with zero attached hydrogens (tertiary/aromatic N) is 1. The molecule has 0 saturated carbocycles. The van der Waals surface area contributed by atoms with E-state index in [1.54, 1.807) is 20.8 Å². The van der Waals surface area contributed by atoms with Gasteiger partial charge in [-0.3, -0.25) is 10.1 Å². The maximum absolute atomic E-state index is 11.8. The maximum Gasteiger partial charge on any atom is 0.334 e. The number of esters is 1. The number of nitro benzene ring substituents is 1. The fraction of sp³-hybridized carbons (Fsp3) is 0.400. The Morgan fingerprint density at radius 2 is 1.81 bits per heavy atom. The van der Waals surface area contributed by atoms with Crippen LogP contribution in [0.15, 0.2) is 36.4 Å². The quantitative estimate of drug-likeness (QED) is 0.377. The first-order valence-electron chi connectivity index (χ1n) is 6.56. The van der Waals surface area contributed by atoms with Gasteiger partial charge < -0.3 is 9.84 Å². The van der Waals surface area contributed by atoms with E-state index < -0.39 is 22.9 Å². The number of non-ortho nitro benzene ring substituents is 1. The summed E-state index contributed by atoms with van der Waals surface area (Å²) in [6, 6.07) is 5.53. The number of aliphatic hydroxyl groups is 1. The molecule has 1 rings (SSSR count). The van der Waals surface area contributed by atoms with Gasteiger partial charge in [-0.2, -0.15) is 0 Å². The number of hydrogen-bond donors (Lipinski definition) is 1. The van der Waals surface area contributed by atoms with Crippen molar-refractivity contribution in [2.75, 3.05) is 0 Å². The molecule has 0 saturated heterocycles. The number of benzene rings is 1. The van der Waals surface area contributed by atoms with Crippen molar-refractivity contribution in [3.8, 4) is 0 Å². The largest absolute Gasteiger partial charge is 0.460 e. The lowest BCUT2D eigenvalue weighted by molar-refractivity contribution is -0.384. The third-order valence-electron chi connectivity index (χ3n) is 3.07. The van der Waals surface area contributed by atoms with E-state index in [0.717, 1.165) is 0 Å². The SMILES string of the molecule is C=C(C(=O)OC(C)C)[C@@H](C)[C@H](O)c1ccc([N+](=O)[O-])cc1. The molecule has 0 heterocycles. The third kappa shape index (κ3) is 4.39. The smallest absolute Gasteiger partial charge is 0.334 e. The second-order valence-corrected chi connectivity index (χ2v) is 5.06. The van der Waals surface area contributed by atoms with Gasteiger partial charge in [-0.25, -0.2) is 4.79 Å². The molecule has 114 valence electrons. The first-order chi connectivity index (χ1) is 9.73. The van der Waals surface area contributed by atoms with Gasteiger partial charge in [0.2, 0.25) is 0 Å². The van der Waals surface area contributed by atoms with Crippen molar-refractivity contribution in [1.29, 1.82) is 0 Å². The van der Waals surface area contributed by atoms with Gasteiger partial charge in [0.25, 0.3) is 5.69 Å². The Labute approximate surface area is 123 Å². The van der Waals surface area contributed by atoms with Crippen LogP contribution in [0.25, 0.3) is 0 Å². The monoisotopic (exact) mass is 293 g/mol. The molecule has 6 heteroatoms. The molecule has 21 heavy (non-hydrogen) atoms. The molecule has 1 aromatic rings. The van der Waals surface area contributed by atoms with E-state index in [4.69, 9.17) is 4.74 Å². The summed E-state index contributed by atoms with van der Waals surface area (Å²) in [6.07, 6.45) is -1.25. The molecule has 0 unspecified atom stereocenters. The van der Waals surface area contributed by atoms with E-state index in [2.05, 4.69) is 6.58 Å². The lowest BCUT2D eigenvalue weighted by atomic mass is 9.91. The summed E-state index contributed by atoms with van der Waals surface area (Å²) in [4.78, 5) is 21.8. The summed E-state index contributed by atoms with van der Waals surface area (Å²) in [6.45, 7) is 8.76. The number of carbonyl (C=O) groups excluding carboxylic acids is 1. The van der Waals surface area contributed by atoms with Crippen LogP contribution in [0, 0.1) is 16.0 Å². The minimum Gasteiger partial charge on any atom is -0.460 e.